The summed E-state index contributed by atoms with van der Waals surface area (Å²) in [4.78, 5) is 27.2. The van der Waals surface area contributed by atoms with Crippen molar-refractivity contribution in [3.63, 3.8) is 0 Å². The second-order valence-corrected chi connectivity index (χ2v) is 9.55. The van der Waals surface area contributed by atoms with Crippen LogP contribution in [0.4, 0.5) is 11.6 Å². The van der Waals surface area contributed by atoms with Crippen LogP contribution in [0.3, 0.4) is 0 Å². The number of hydrogen-bond acceptors (Lipinski definition) is 10. The Morgan fingerprint density at radius 2 is 1.57 bits per heavy atom. The van der Waals surface area contributed by atoms with E-state index in [2.05, 4.69) is 9.97 Å². The number of phenols is 1. The summed E-state index contributed by atoms with van der Waals surface area (Å²) >= 11 is 5.68. The molecule has 0 unspecified atom stereocenters. The number of phenolic OH excluding ortho intramolecular Hbond substituents is 1. The SMILES string of the molecule is C[C@@]1(n2cc([N+](=O)[O-])nc2Cl)CO1.C[C@]1(COc2ccccc2)Cn2cc([N+](=O)[O-])nc2O1.Oc1ccccc1. The lowest BCUT2D eigenvalue weighted by atomic mass is 10.1. The van der Waals surface area contributed by atoms with Gasteiger partial charge in [0.25, 0.3) is 0 Å². The summed E-state index contributed by atoms with van der Waals surface area (Å²) in [5.41, 5.74) is -1.12. The Balaban J connectivity index is 0.000000157. The zero-order valence-electron chi connectivity index (χ0n) is 21.4. The molecule has 15 heteroatoms. The lowest BCUT2D eigenvalue weighted by Gasteiger charge is -2.22. The van der Waals surface area contributed by atoms with Crippen molar-refractivity contribution in [2.75, 3.05) is 13.2 Å². The van der Waals surface area contributed by atoms with E-state index in [-0.39, 0.29) is 22.9 Å². The molecule has 0 radical (unpaired) electrons. The van der Waals surface area contributed by atoms with Crippen molar-refractivity contribution in [1.82, 2.24) is 19.1 Å². The Morgan fingerprint density at radius 3 is 2.05 bits per heavy atom. The highest BCUT2D eigenvalue weighted by Crippen LogP contribution is 2.36. The van der Waals surface area contributed by atoms with Crippen LogP contribution >= 0.6 is 11.6 Å². The number of aromatic hydroxyl groups is 1. The first-order valence-corrected chi connectivity index (χ1v) is 12.2. The maximum atomic E-state index is 10.6. The van der Waals surface area contributed by atoms with E-state index < -0.39 is 21.2 Å². The molecule has 1 saturated heterocycles. The van der Waals surface area contributed by atoms with E-state index in [1.807, 2.05) is 43.3 Å². The van der Waals surface area contributed by atoms with Gasteiger partial charge in [0.15, 0.2) is 11.3 Å². The molecule has 2 atom stereocenters. The Labute approximate surface area is 232 Å². The van der Waals surface area contributed by atoms with Gasteiger partial charge in [0.2, 0.25) is 0 Å². The van der Waals surface area contributed by atoms with Crippen LogP contribution in [0.1, 0.15) is 13.8 Å². The number of aromatic nitrogens is 4. The number of ether oxygens (including phenoxy) is 3. The summed E-state index contributed by atoms with van der Waals surface area (Å²) in [6, 6.07) is 18.4. The molecular formula is C25H25ClN6O8. The van der Waals surface area contributed by atoms with Crippen molar-refractivity contribution in [2.45, 2.75) is 31.7 Å². The molecule has 210 valence electrons. The van der Waals surface area contributed by atoms with Gasteiger partial charge in [-0.1, -0.05) is 36.4 Å². The van der Waals surface area contributed by atoms with Gasteiger partial charge in [-0.2, -0.15) is 0 Å². The fourth-order valence-electron chi connectivity index (χ4n) is 3.55. The van der Waals surface area contributed by atoms with E-state index in [9.17, 15) is 20.2 Å². The van der Waals surface area contributed by atoms with Crippen LogP contribution in [-0.4, -0.2) is 52.9 Å². The maximum absolute atomic E-state index is 10.6. The van der Waals surface area contributed by atoms with Gasteiger partial charge < -0.3 is 39.5 Å². The molecule has 40 heavy (non-hydrogen) atoms. The molecular weight excluding hydrogens is 548 g/mol. The average Bonchev–Trinajstić information content (AvgIpc) is 3.22. The Kier molecular flexibility index (Phi) is 8.21. The molecule has 2 aromatic carbocycles. The van der Waals surface area contributed by atoms with E-state index in [0.717, 1.165) is 5.75 Å². The highest BCUT2D eigenvalue weighted by molar-refractivity contribution is 6.28. The Hall–Kier alpha value is -4.69. The number of benzene rings is 2. The minimum Gasteiger partial charge on any atom is -0.508 e. The summed E-state index contributed by atoms with van der Waals surface area (Å²) in [6.07, 6.45) is 2.65. The number of nitrogens with zero attached hydrogens (tertiary/aromatic N) is 6. The smallest absolute Gasteiger partial charge is 0.415 e. The Bertz CT molecular complexity index is 1450. The van der Waals surface area contributed by atoms with Crippen LogP contribution in [0.25, 0.3) is 0 Å². The number of epoxide rings is 1. The fraction of sp³-hybridized carbons (Fsp3) is 0.280. The molecule has 0 amide bonds. The molecule has 4 heterocycles. The number of imidazole rings is 2. The second kappa shape index (κ2) is 11.6. The molecule has 2 aliphatic rings. The molecule has 2 aliphatic heterocycles. The quantitative estimate of drug-likeness (QED) is 0.196. The van der Waals surface area contributed by atoms with E-state index in [0.29, 0.717) is 25.5 Å². The molecule has 14 nitrogen and oxygen atoms in total. The largest absolute Gasteiger partial charge is 0.508 e. The van der Waals surface area contributed by atoms with Gasteiger partial charge in [0.05, 0.1) is 13.2 Å². The standard InChI is InChI=1S/C13H13N3O4.C6H6ClN3O3.C6H6O/c1-13(9-19-10-5-3-2-4-6-10)8-15-7-11(16(17)18)14-12(15)20-13;1-6(3-13-6)9-2-4(10(11)12)8-5(9)7;7-6-4-2-1-3-5-6/h2-7H,8-9H2,1H3;2H,3H2,1H3;1-5,7H/t13-;6-;/m10./s1. The monoisotopic (exact) mass is 572 g/mol. The molecule has 0 aliphatic carbocycles. The molecule has 4 aromatic rings. The summed E-state index contributed by atoms with van der Waals surface area (Å²) in [6.45, 7) is 4.98. The van der Waals surface area contributed by atoms with Gasteiger partial charge in [-0.05, 0) is 64.5 Å². The normalized spacial score (nSPS) is 20.1. The van der Waals surface area contributed by atoms with Crippen LogP contribution in [0, 0.1) is 20.2 Å². The number of fused-ring (bicyclic) bond motifs is 1. The molecule has 0 saturated carbocycles. The molecule has 1 N–H and O–H groups in total. The zero-order valence-corrected chi connectivity index (χ0v) is 22.2. The molecule has 0 spiro atoms. The van der Waals surface area contributed by atoms with Crippen molar-refractivity contribution >= 4 is 23.2 Å². The minimum absolute atomic E-state index is 0.0756. The van der Waals surface area contributed by atoms with E-state index in [1.54, 1.807) is 35.8 Å². The van der Waals surface area contributed by atoms with Crippen LogP contribution in [0.5, 0.6) is 17.5 Å². The number of rotatable bonds is 6. The first-order chi connectivity index (χ1) is 19.0. The van der Waals surface area contributed by atoms with Gasteiger partial charge in [-0.25, -0.2) is 0 Å². The summed E-state index contributed by atoms with van der Waals surface area (Å²) < 4.78 is 19.5. The van der Waals surface area contributed by atoms with E-state index >= 15 is 0 Å². The third-order valence-electron chi connectivity index (χ3n) is 5.71. The van der Waals surface area contributed by atoms with Crippen molar-refractivity contribution < 1.29 is 29.2 Å². The predicted molar refractivity (Wildman–Crippen MR) is 141 cm³/mol. The Morgan fingerprint density at radius 1 is 1.00 bits per heavy atom. The maximum Gasteiger partial charge on any atom is 0.415 e. The van der Waals surface area contributed by atoms with E-state index in [1.165, 1.54) is 17.0 Å². The van der Waals surface area contributed by atoms with Crippen molar-refractivity contribution in [3.8, 4) is 17.5 Å². The predicted octanol–water partition coefficient (Wildman–Crippen LogP) is 4.56. The summed E-state index contributed by atoms with van der Waals surface area (Å²) in [5, 5.41) is 29.7. The number of hydrogen-bond donors (Lipinski definition) is 1. The highest BCUT2D eigenvalue weighted by atomic mass is 35.5. The van der Waals surface area contributed by atoms with Crippen molar-refractivity contribution in [3.05, 3.63) is 98.6 Å². The van der Waals surface area contributed by atoms with Gasteiger partial charge in [-0.15, -0.1) is 0 Å². The number of nitro groups is 2. The second-order valence-electron chi connectivity index (χ2n) is 9.21. The molecule has 1 fully saturated rings. The fourth-order valence-corrected chi connectivity index (χ4v) is 3.86. The van der Waals surface area contributed by atoms with Crippen molar-refractivity contribution in [2.24, 2.45) is 0 Å². The number of para-hydroxylation sites is 2. The van der Waals surface area contributed by atoms with Crippen LogP contribution in [0.2, 0.25) is 5.28 Å². The van der Waals surface area contributed by atoms with Crippen molar-refractivity contribution in [1.29, 1.82) is 0 Å². The summed E-state index contributed by atoms with van der Waals surface area (Å²) in [5.74, 6) is 0.614. The first kappa shape index (κ1) is 28.3. The average molecular weight is 573 g/mol. The number of halogens is 1. The zero-order chi connectivity index (χ0) is 28.9. The first-order valence-electron chi connectivity index (χ1n) is 11.8. The van der Waals surface area contributed by atoms with Gasteiger partial charge >= 0.3 is 22.9 Å². The third kappa shape index (κ3) is 7.03. The molecule has 2 aromatic heterocycles. The molecule has 6 rings (SSSR count). The third-order valence-corrected chi connectivity index (χ3v) is 5.98. The van der Waals surface area contributed by atoms with E-state index in [4.69, 9.17) is 30.9 Å². The van der Waals surface area contributed by atoms with Gasteiger partial charge in [-0.3, -0.25) is 9.13 Å². The van der Waals surface area contributed by atoms with Gasteiger partial charge in [0, 0.05) is 4.98 Å². The van der Waals surface area contributed by atoms with Crippen LogP contribution < -0.4 is 9.47 Å². The van der Waals surface area contributed by atoms with Gasteiger partial charge in [0.1, 0.15) is 30.5 Å². The topological polar surface area (TPSA) is 173 Å². The lowest BCUT2D eigenvalue weighted by molar-refractivity contribution is -0.389. The summed E-state index contributed by atoms with van der Waals surface area (Å²) in [7, 11) is 0. The van der Waals surface area contributed by atoms with Crippen LogP contribution in [0.15, 0.2) is 73.1 Å². The highest BCUT2D eigenvalue weighted by Gasteiger charge is 2.45. The lowest BCUT2D eigenvalue weighted by Crippen LogP contribution is -2.38. The van der Waals surface area contributed by atoms with Crippen LogP contribution in [-0.2, 0) is 17.0 Å². The molecule has 0 bridgehead atoms. The minimum atomic E-state index is -0.589.